The lowest BCUT2D eigenvalue weighted by atomic mass is 10.4. The Morgan fingerprint density at radius 3 is 3.18 bits per heavy atom. The second-order valence-corrected chi connectivity index (χ2v) is 1.82. The molecule has 3 nitrogen and oxygen atoms in total. The molecular weight excluding hydrogens is 142 g/mol. The van der Waals surface area contributed by atoms with Gasteiger partial charge in [-0.05, 0) is 6.08 Å². The van der Waals surface area contributed by atoms with Crippen molar-refractivity contribution in [3.63, 3.8) is 0 Å². The molecule has 0 atom stereocenters. The number of allylic oxidation sites excluding steroid dienone is 1. The highest BCUT2D eigenvalue weighted by Crippen LogP contribution is 2.19. The average Bonchev–Trinajstić information content (AvgIpc) is 2.47. The molecule has 0 saturated carbocycles. The van der Waals surface area contributed by atoms with Crippen LogP contribution in [0.3, 0.4) is 0 Å². The minimum absolute atomic E-state index is 0.564. The second-order valence-electron chi connectivity index (χ2n) is 1.82. The molecule has 0 unspecified atom stereocenters. The number of hydrogen-bond donors (Lipinski definition) is 0. The summed E-state index contributed by atoms with van der Waals surface area (Å²) in [5.41, 5.74) is 0. The molecule has 56 valence electrons. The summed E-state index contributed by atoms with van der Waals surface area (Å²) < 4.78 is 9.92. The van der Waals surface area contributed by atoms with Gasteiger partial charge in [0.05, 0.1) is 19.4 Å². The summed E-state index contributed by atoms with van der Waals surface area (Å²) in [4.78, 5) is 0. The van der Waals surface area contributed by atoms with E-state index in [1.165, 1.54) is 12.3 Å². The van der Waals surface area contributed by atoms with Gasteiger partial charge in [-0.2, -0.15) is 5.26 Å². The van der Waals surface area contributed by atoms with Crippen LogP contribution in [0.5, 0.6) is 5.75 Å². The third-order valence-electron chi connectivity index (χ3n) is 1.19. The van der Waals surface area contributed by atoms with Gasteiger partial charge in [0.15, 0.2) is 11.5 Å². The molecule has 0 spiro atoms. The SMILES string of the molecule is COc1ccoc1/C=C/C#N. The molecule has 0 aliphatic carbocycles. The molecule has 0 amide bonds. The van der Waals surface area contributed by atoms with Crippen molar-refractivity contribution in [2.75, 3.05) is 7.11 Å². The fourth-order valence-corrected chi connectivity index (χ4v) is 0.712. The minimum atomic E-state index is 0.564. The first-order valence-electron chi connectivity index (χ1n) is 3.06. The van der Waals surface area contributed by atoms with Crippen molar-refractivity contribution >= 4 is 6.08 Å². The van der Waals surface area contributed by atoms with Gasteiger partial charge >= 0.3 is 0 Å². The third kappa shape index (κ3) is 1.62. The fraction of sp³-hybridized carbons (Fsp3) is 0.125. The molecule has 0 fully saturated rings. The van der Waals surface area contributed by atoms with Gasteiger partial charge in [-0.3, -0.25) is 0 Å². The Hall–Kier alpha value is -1.69. The van der Waals surface area contributed by atoms with Gasteiger partial charge in [-0.25, -0.2) is 0 Å². The molecule has 1 aromatic rings. The average molecular weight is 149 g/mol. The Labute approximate surface area is 64.5 Å². The van der Waals surface area contributed by atoms with Crippen LogP contribution < -0.4 is 4.74 Å². The number of ether oxygens (including phenoxy) is 1. The highest BCUT2D eigenvalue weighted by atomic mass is 16.5. The van der Waals surface area contributed by atoms with Crippen molar-refractivity contribution in [3.05, 3.63) is 24.2 Å². The first kappa shape index (κ1) is 7.42. The van der Waals surface area contributed by atoms with Crippen molar-refractivity contribution < 1.29 is 9.15 Å². The molecule has 11 heavy (non-hydrogen) atoms. The molecule has 0 bridgehead atoms. The van der Waals surface area contributed by atoms with Gasteiger partial charge in [-0.1, -0.05) is 0 Å². The van der Waals surface area contributed by atoms with Crippen molar-refractivity contribution in [2.45, 2.75) is 0 Å². The predicted molar refractivity (Wildman–Crippen MR) is 39.9 cm³/mol. The summed E-state index contributed by atoms with van der Waals surface area (Å²) in [6, 6.07) is 3.55. The number of nitrogens with zero attached hydrogens (tertiary/aromatic N) is 1. The molecule has 0 aromatic carbocycles. The number of nitriles is 1. The predicted octanol–water partition coefficient (Wildman–Crippen LogP) is 1.82. The number of methoxy groups -OCH3 is 1. The van der Waals surface area contributed by atoms with E-state index in [1.807, 2.05) is 6.07 Å². The van der Waals surface area contributed by atoms with E-state index < -0.39 is 0 Å². The van der Waals surface area contributed by atoms with E-state index in [2.05, 4.69) is 0 Å². The number of furan rings is 1. The normalized spacial score (nSPS) is 9.82. The standard InChI is InChI=1S/C8H7NO2/c1-10-7-4-6-11-8(7)3-2-5-9/h2-4,6H,1H3/b3-2+. The lowest BCUT2D eigenvalue weighted by Crippen LogP contribution is -1.80. The molecule has 0 N–H and O–H groups in total. The van der Waals surface area contributed by atoms with Crippen molar-refractivity contribution in [2.24, 2.45) is 0 Å². The Bertz CT molecular complexity index is 293. The largest absolute Gasteiger partial charge is 0.493 e. The zero-order chi connectivity index (χ0) is 8.10. The zero-order valence-electron chi connectivity index (χ0n) is 6.07. The summed E-state index contributed by atoms with van der Waals surface area (Å²) in [5, 5.41) is 8.21. The number of rotatable bonds is 2. The number of hydrogen-bond acceptors (Lipinski definition) is 3. The molecule has 0 radical (unpaired) electrons. The van der Waals surface area contributed by atoms with E-state index >= 15 is 0 Å². The minimum Gasteiger partial charge on any atom is -0.493 e. The summed E-state index contributed by atoms with van der Waals surface area (Å²) in [6.07, 6.45) is 4.40. The quantitative estimate of drug-likeness (QED) is 0.602. The van der Waals surface area contributed by atoms with E-state index in [4.69, 9.17) is 14.4 Å². The van der Waals surface area contributed by atoms with Crippen LogP contribution in [0, 0.1) is 11.3 Å². The second kappa shape index (κ2) is 3.47. The maximum Gasteiger partial charge on any atom is 0.169 e. The maximum atomic E-state index is 8.21. The van der Waals surface area contributed by atoms with E-state index in [-0.39, 0.29) is 0 Å². The fourth-order valence-electron chi connectivity index (χ4n) is 0.712. The lowest BCUT2D eigenvalue weighted by Gasteiger charge is -1.92. The van der Waals surface area contributed by atoms with E-state index in [0.717, 1.165) is 0 Å². The van der Waals surface area contributed by atoms with Crippen LogP contribution in [0.15, 0.2) is 22.8 Å². The van der Waals surface area contributed by atoms with E-state index in [0.29, 0.717) is 11.5 Å². The summed E-state index contributed by atoms with van der Waals surface area (Å²) in [7, 11) is 1.55. The van der Waals surface area contributed by atoms with Gasteiger partial charge in [0, 0.05) is 12.1 Å². The molecule has 1 heterocycles. The van der Waals surface area contributed by atoms with Crippen LogP contribution in [0.1, 0.15) is 5.76 Å². The van der Waals surface area contributed by atoms with Gasteiger partial charge in [0.1, 0.15) is 0 Å². The molecular formula is C8H7NO2. The molecule has 1 aromatic heterocycles. The maximum absolute atomic E-state index is 8.21. The monoisotopic (exact) mass is 149 g/mol. The summed E-state index contributed by atoms with van der Waals surface area (Å²) in [6.45, 7) is 0. The van der Waals surface area contributed by atoms with Crippen LogP contribution in [0.4, 0.5) is 0 Å². The lowest BCUT2D eigenvalue weighted by molar-refractivity contribution is 0.403. The van der Waals surface area contributed by atoms with Crippen molar-refractivity contribution in [1.29, 1.82) is 5.26 Å². The van der Waals surface area contributed by atoms with Crippen LogP contribution in [-0.2, 0) is 0 Å². The van der Waals surface area contributed by atoms with Crippen molar-refractivity contribution in [1.82, 2.24) is 0 Å². The van der Waals surface area contributed by atoms with Crippen LogP contribution in [0.2, 0.25) is 0 Å². The Morgan fingerprint density at radius 1 is 1.73 bits per heavy atom. The smallest absolute Gasteiger partial charge is 0.169 e. The molecule has 0 aliphatic rings. The summed E-state index contributed by atoms with van der Waals surface area (Å²) >= 11 is 0. The highest BCUT2D eigenvalue weighted by molar-refractivity contribution is 5.53. The van der Waals surface area contributed by atoms with Crippen LogP contribution in [0.25, 0.3) is 6.08 Å². The molecule has 0 aliphatic heterocycles. The van der Waals surface area contributed by atoms with Gasteiger partial charge in [0.25, 0.3) is 0 Å². The Balaban J connectivity index is 2.86. The van der Waals surface area contributed by atoms with E-state index in [9.17, 15) is 0 Å². The molecule has 0 saturated heterocycles. The van der Waals surface area contributed by atoms with Gasteiger partial charge in [0.2, 0.25) is 0 Å². The topological polar surface area (TPSA) is 46.2 Å². The Morgan fingerprint density at radius 2 is 2.55 bits per heavy atom. The molecule has 1 rings (SSSR count). The molecule has 3 heteroatoms. The van der Waals surface area contributed by atoms with Crippen LogP contribution in [-0.4, -0.2) is 7.11 Å². The van der Waals surface area contributed by atoms with E-state index in [1.54, 1.807) is 19.3 Å². The van der Waals surface area contributed by atoms with Crippen LogP contribution >= 0.6 is 0 Å². The van der Waals surface area contributed by atoms with Gasteiger partial charge in [-0.15, -0.1) is 0 Å². The first-order chi connectivity index (χ1) is 5.38. The summed E-state index contributed by atoms with van der Waals surface area (Å²) in [5.74, 6) is 1.20. The highest BCUT2D eigenvalue weighted by Gasteiger charge is 2.00. The van der Waals surface area contributed by atoms with Gasteiger partial charge < -0.3 is 9.15 Å². The zero-order valence-corrected chi connectivity index (χ0v) is 6.07. The van der Waals surface area contributed by atoms with Crippen molar-refractivity contribution in [3.8, 4) is 11.8 Å². The first-order valence-corrected chi connectivity index (χ1v) is 3.06. The third-order valence-corrected chi connectivity index (χ3v) is 1.19. The Kier molecular flexibility index (Phi) is 2.34.